The topological polar surface area (TPSA) is 24.5 Å². The maximum atomic E-state index is 5.38. The van der Waals surface area contributed by atoms with Crippen molar-refractivity contribution in [1.82, 2.24) is 10.2 Å². The van der Waals surface area contributed by atoms with Gasteiger partial charge in [-0.05, 0) is 37.9 Å². The summed E-state index contributed by atoms with van der Waals surface area (Å²) >= 11 is 5.38. The van der Waals surface area contributed by atoms with Gasteiger partial charge in [-0.15, -0.1) is 0 Å². The minimum atomic E-state index is 0.557. The second kappa shape index (κ2) is 6.28. The van der Waals surface area contributed by atoms with Gasteiger partial charge in [-0.25, -0.2) is 0 Å². The highest BCUT2D eigenvalue weighted by Crippen LogP contribution is 2.22. The number of nitrogens with one attached hydrogen (secondary N) is 1. The van der Waals surface area contributed by atoms with E-state index in [9.17, 15) is 0 Å². The first-order chi connectivity index (χ1) is 7.16. The summed E-state index contributed by atoms with van der Waals surface area (Å²) in [6.45, 7) is 7.15. The van der Waals surface area contributed by atoms with Crippen molar-refractivity contribution in [2.75, 3.05) is 26.8 Å². The Balaban J connectivity index is 2.37. The Morgan fingerprint density at radius 1 is 1.53 bits per heavy atom. The van der Waals surface area contributed by atoms with Crippen LogP contribution in [0.5, 0.6) is 0 Å². The largest absolute Gasteiger partial charge is 0.383 e. The lowest BCUT2D eigenvalue weighted by atomic mass is 9.92. The summed E-state index contributed by atoms with van der Waals surface area (Å²) in [5.41, 5.74) is 0. The minimum absolute atomic E-state index is 0.557. The van der Waals surface area contributed by atoms with Gasteiger partial charge in [-0.1, -0.05) is 6.92 Å². The fraction of sp³-hybridized carbons (Fsp3) is 0.909. The molecule has 1 aliphatic rings. The zero-order valence-corrected chi connectivity index (χ0v) is 10.8. The van der Waals surface area contributed by atoms with Crippen LogP contribution in [0.1, 0.15) is 26.7 Å². The Kier molecular flexibility index (Phi) is 5.32. The fourth-order valence-corrected chi connectivity index (χ4v) is 2.34. The van der Waals surface area contributed by atoms with Crippen molar-refractivity contribution in [3.63, 3.8) is 0 Å². The number of hydrogen-bond donors (Lipinski definition) is 1. The SMILES string of the molecule is COCCNC(=S)N1CCCC(C)C1C. The third-order valence-corrected chi connectivity index (χ3v) is 3.60. The number of nitrogens with zero attached hydrogens (tertiary/aromatic N) is 1. The number of thiocarbonyl (C=S) groups is 1. The first-order valence-electron chi connectivity index (χ1n) is 5.70. The highest BCUT2D eigenvalue weighted by molar-refractivity contribution is 7.80. The lowest BCUT2D eigenvalue weighted by Crippen LogP contribution is -2.50. The van der Waals surface area contributed by atoms with Gasteiger partial charge in [-0.3, -0.25) is 0 Å². The third-order valence-electron chi connectivity index (χ3n) is 3.22. The molecular formula is C11H22N2OS. The fourth-order valence-electron chi connectivity index (χ4n) is 1.98. The summed E-state index contributed by atoms with van der Waals surface area (Å²) < 4.78 is 4.99. The second-order valence-electron chi connectivity index (χ2n) is 4.28. The highest BCUT2D eigenvalue weighted by Gasteiger charge is 2.25. The molecule has 0 aromatic heterocycles. The predicted molar refractivity (Wildman–Crippen MR) is 67.0 cm³/mol. The van der Waals surface area contributed by atoms with Crippen molar-refractivity contribution in [3.05, 3.63) is 0 Å². The van der Waals surface area contributed by atoms with E-state index in [4.69, 9.17) is 17.0 Å². The van der Waals surface area contributed by atoms with Crippen molar-refractivity contribution in [2.45, 2.75) is 32.7 Å². The minimum Gasteiger partial charge on any atom is -0.383 e. The molecule has 0 saturated carbocycles. The third kappa shape index (κ3) is 3.61. The lowest BCUT2D eigenvalue weighted by molar-refractivity contribution is 0.182. The summed E-state index contributed by atoms with van der Waals surface area (Å²) in [4.78, 5) is 2.30. The summed E-state index contributed by atoms with van der Waals surface area (Å²) in [6.07, 6.45) is 2.57. The van der Waals surface area contributed by atoms with Crippen molar-refractivity contribution < 1.29 is 4.74 Å². The van der Waals surface area contributed by atoms with E-state index in [-0.39, 0.29) is 0 Å². The molecule has 1 heterocycles. The smallest absolute Gasteiger partial charge is 0.169 e. The average Bonchev–Trinajstić information content (AvgIpc) is 2.22. The van der Waals surface area contributed by atoms with Crippen LogP contribution in [0.3, 0.4) is 0 Å². The van der Waals surface area contributed by atoms with Gasteiger partial charge in [-0.2, -0.15) is 0 Å². The molecule has 2 unspecified atom stereocenters. The van der Waals surface area contributed by atoms with E-state index in [1.807, 2.05) is 0 Å². The molecule has 15 heavy (non-hydrogen) atoms. The molecule has 2 atom stereocenters. The Labute approximate surface area is 98.2 Å². The van der Waals surface area contributed by atoms with Gasteiger partial charge >= 0.3 is 0 Å². The van der Waals surface area contributed by atoms with Crippen LogP contribution >= 0.6 is 12.2 Å². The van der Waals surface area contributed by atoms with E-state index in [1.54, 1.807) is 7.11 Å². The van der Waals surface area contributed by atoms with Crippen molar-refractivity contribution in [1.29, 1.82) is 0 Å². The molecule has 88 valence electrons. The molecular weight excluding hydrogens is 208 g/mol. The van der Waals surface area contributed by atoms with Crippen LogP contribution < -0.4 is 5.32 Å². The van der Waals surface area contributed by atoms with Crippen molar-refractivity contribution >= 4 is 17.3 Å². The van der Waals surface area contributed by atoms with Gasteiger partial charge in [0.2, 0.25) is 0 Å². The molecule has 1 rings (SSSR count). The highest BCUT2D eigenvalue weighted by atomic mass is 32.1. The van der Waals surface area contributed by atoms with Gasteiger partial charge in [0.15, 0.2) is 5.11 Å². The number of rotatable bonds is 3. The summed E-state index contributed by atoms with van der Waals surface area (Å²) in [5.74, 6) is 0.737. The first kappa shape index (κ1) is 12.7. The Hall–Kier alpha value is -0.350. The maximum absolute atomic E-state index is 5.38. The molecule has 1 N–H and O–H groups in total. The predicted octanol–water partition coefficient (Wildman–Crippen LogP) is 1.63. The van der Waals surface area contributed by atoms with E-state index in [0.29, 0.717) is 12.6 Å². The molecule has 0 radical (unpaired) electrons. The monoisotopic (exact) mass is 230 g/mol. The molecule has 0 aromatic carbocycles. The lowest BCUT2D eigenvalue weighted by Gasteiger charge is -2.39. The van der Waals surface area contributed by atoms with Crippen LogP contribution in [0, 0.1) is 5.92 Å². The molecule has 0 amide bonds. The van der Waals surface area contributed by atoms with Crippen LogP contribution in [0.25, 0.3) is 0 Å². The first-order valence-corrected chi connectivity index (χ1v) is 6.11. The van der Waals surface area contributed by atoms with Crippen LogP contribution in [-0.4, -0.2) is 42.9 Å². The number of methoxy groups -OCH3 is 1. The van der Waals surface area contributed by atoms with Gasteiger partial charge in [0.25, 0.3) is 0 Å². The molecule has 0 bridgehead atoms. The second-order valence-corrected chi connectivity index (χ2v) is 4.66. The molecule has 4 heteroatoms. The standard InChI is InChI=1S/C11H22N2OS/c1-9-5-4-7-13(10(9)2)11(15)12-6-8-14-3/h9-10H,4-8H2,1-3H3,(H,12,15). The number of ether oxygens (including phenoxy) is 1. The maximum Gasteiger partial charge on any atom is 0.169 e. The quantitative estimate of drug-likeness (QED) is 0.588. The van der Waals surface area contributed by atoms with Crippen LogP contribution in [0.4, 0.5) is 0 Å². The summed E-state index contributed by atoms with van der Waals surface area (Å²) in [6, 6.07) is 0.557. The van der Waals surface area contributed by atoms with Crippen molar-refractivity contribution in [3.8, 4) is 0 Å². The van der Waals surface area contributed by atoms with Crippen molar-refractivity contribution in [2.24, 2.45) is 5.92 Å². The summed E-state index contributed by atoms with van der Waals surface area (Å²) in [5, 5.41) is 4.12. The van der Waals surface area contributed by atoms with E-state index < -0.39 is 0 Å². The van der Waals surface area contributed by atoms with E-state index in [0.717, 1.165) is 24.1 Å². The van der Waals surface area contributed by atoms with Gasteiger partial charge in [0.1, 0.15) is 0 Å². The molecule has 1 aliphatic heterocycles. The normalized spacial score (nSPS) is 26.5. The van der Waals surface area contributed by atoms with Crippen LogP contribution in [0.2, 0.25) is 0 Å². The van der Waals surface area contributed by atoms with Crippen LogP contribution in [0.15, 0.2) is 0 Å². The zero-order chi connectivity index (χ0) is 11.3. The molecule has 3 nitrogen and oxygen atoms in total. The van der Waals surface area contributed by atoms with Gasteiger partial charge < -0.3 is 15.0 Å². The molecule has 0 aromatic rings. The molecule has 0 spiro atoms. The number of likely N-dealkylation sites (tertiary alicyclic amines) is 1. The van der Waals surface area contributed by atoms with Gasteiger partial charge in [0.05, 0.1) is 6.61 Å². The molecule has 1 saturated heterocycles. The Morgan fingerprint density at radius 3 is 2.93 bits per heavy atom. The van der Waals surface area contributed by atoms with E-state index in [2.05, 4.69) is 24.1 Å². The van der Waals surface area contributed by atoms with E-state index >= 15 is 0 Å². The molecule has 0 aliphatic carbocycles. The van der Waals surface area contributed by atoms with E-state index in [1.165, 1.54) is 12.8 Å². The Bertz CT molecular complexity index is 211. The Morgan fingerprint density at radius 2 is 2.27 bits per heavy atom. The van der Waals surface area contributed by atoms with Gasteiger partial charge in [0, 0.05) is 26.2 Å². The number of hydrogen-bond acceptors (Lipinski definition) is 2. The zero-order valence-electron chi connectivity index (χ0n) is 9.95. The summed E-state index contributed by atoms with van der Waals surface area (Å²) in [7, 11) is 1.70. The molecule has 1 fully saturated rings. The average molecular weight is 230 g/mol. The van der Waals surface area contributed by atoms with Crippen LogP contribution in [-0.2, 0) is 4.74 Å². The number of piperidine rings is 1.